The molecule has 2 rings (SSSR count). The van der Waals surface area contributed by atoms with Crippen LogP contribution in [0.25, 0.3) is 0 Å². The van der Waals surface area contributed by atoms with Crippen molar-refractivity contribution in [3.63, 3.8) is 0 Å². The monoisotopic (exact) mass is 272 g/mol. The number of ether oxygens (including phenoxy) is 1. The Bertz CT molecular complexity index is 572. The topological polar surface area (TPSA) is 35.0 Å². The summed E-state index contributed by atoms with van der Waals surface area (Å²) in [6.07, 6.45) is -0.238. The second-order valence-electron chi connectivity index (χ2n) is 3.67. The summed E-state index contributed by atoms with van der Waals surface area (Å²) in [5.74, 6) is -0.755. The van der Waals surface area contributed by atoms with Crippen LogP contribution in [0.1, 0.15) is 11.1 Å². The first kappa shape index (κ1) is 13.3. The lowest BCUT2D eigenvalue weighted by atomic mass is 10.2. The van der Waals surface area contributed by atoms with E-state index in [2.05, 4.69) is 9.97 Å². The molecule has 0 aliphatic carbocycles. The van der Waals surface area contributed by atoms with E-state index in [4.69, 9.17) is 4.74 Å². The third-order valence-electron chi connectivity index (χ3n) is 2.25. The quantitative estimate of drug-likeness (QED) is 0.805. The highest BCUT2D eigenvalue weighted by molar-refractivity contribution is 5.23. The van der Waals surface area contributed by atoms with Crippen molar-refractivity contribution in [1.29, 1.82) is 0 Å². The average molecular weight is 272 g/mol. The van der Waals surface area contributed by atoms with E-state index in [9.17, 15) is 17.6 Å². The maximum absolute atomic E-state index is 13.2. The largest absolute Gasteiger partial charge is 0.486 e. The van der Waals surface area contributed by atoms with Crippen LogP contribution in [0.15, 0.2) is 36.9 Å². The number of rotatable bonds is 3. The predicted molar refractivity (Wildman–Crippen MR) is 57.8 cm³/mol. The van der Waals surface area contributed by atoms with Crippen LogP contribution in [0.2, 0.25) is 0 Å². The van der Waals surface area contributed by atoms with Gasteiger partial charge in [0.1, 0.15) is 6.61 Å². The minimum Gasteiger partial charge on any atom is -0.486 e. The zero-order valence-corrected chi connectivity index (χ0v) is 9.49. The summed E-state index contributed by atoms with van der Waals surface area (Å²) in [5, 5.41) is 0. The number of nitrogens with zero attached hydrogens (tertiary/aromatic N) is 2. The summed E-state index contributed by atoms with van der Waals surface area (Å²) >= 11 is 0. The van der Waals surface area contributed by atoms with Gasteiger partial charge < -0.3 is 4.74 Å². The third kappa shape index (κ3) is 3.40. The Morgan fingerprint density at radius 1 is 1.11 bits per heavy atom. The lowest BCUT2D eigenvalue weighted by Crippen LogP contribution is -2.07. The molecule has 100 valence electrons. The van der Waals surface area contributed by atoms with Gasteiger partial charge in [0.05, 0.1) is 11.8 Å². The molecule has 0 aliphatic rings. The van der Waals surface area contributed by atoms with Crippen LogP contribution in [-0.4, -0.2) is 9.97 Å². The van der Waals surface area contributed by atoms with Gasteiger partial charge in [-0.05, 0) is 6.07 Å². The molecule has 0 atom stereocenters. The zero-order chi connectivity index (χ0) is 13.9. The maximum atomic E-state index is 13.2. The molecule has 0 radical (unpaired) electrons. The van der Waals surface area contributed by atoms with Gasteiger partial charge in [0.25, 0.3) is 0 Å². The number of aromatic nitrogens is 2. The van der Waals surface area contributed by atoms with Gasteiger partial charge in [-0.1, -0.05) is 0 Å². The Labute approximate surface area is 105 Å². The van der Waals surface area contributed by atoms with E-state index in [1.807, 2.05) is 0 Å². The predicted octanol–water partition coefficient (Wildman–Crippen LogP) is 3.21. The van der Waals surface area contributed by atoms with Crippen LogP contribution in [0.4, 0.5) is 17.6 Å². The molecule has 0 amide bonds. The van der Waals surface area contributed by atoms with Crippen molar-refractivity contribution in [2.45, 2.75) is 12.8 Å². The lowest BCUT2D eigenvalue weighted by molar-refractivity contribution is -0.137. The number of alkyl halides is 3. The normalized spacial score (nSPS) is 11.4. The molecule has 19 heavy (non-hydrogen) atoms. The smallest absolute Gasteiger partial charge is 0.417 e. The summed E-state index contributed by atoms with van der Waals surface area (Å²) in [6.45, 7) is -0.210. The molecule has 7 heteroatoms. The number of pyridine rings is 2. The van der Waals surface area contributed by atoms with E-state index >= 15 is 0 Å². The second kappa shape index (κ2) is 5.21. The van der Waals surface area contributed by atoms with Crippen molar-refractivity contribution in [3.8, 4) is 5.75 Å². The summed E-state index contributed by atoms with van der Waals surface area (Å²) in [5.41, 5.74) is -0.671. The van der Waals surface area contributed by atoms with Gasteiger partial charge in [0, 0.05) is 30.2 Å². The highest BCUT2D eigenvalue weighted by Crippen LogP contribution is 2.29. The molecule has 0 aliphatic heterocycles. The van der Waals surface area contributed by atoms with Crippen LogP contribution in [0, 0.1) is 5.82 Å². The molecule has 0 saturated heterocycles. The van der Waals surface area contributed by atoms with Crippen LogP contribution < -0.4 is 4.74 Å². The van der Waals surface area contributed by atoms with Gasteiger partial charge >= 0.3 is 6.18 Å². The molecule has 0 spiro atoms. The highest BCUT2D eigenvalue weighted by atomic mass is 19.4. The Morgan fingerprint density at radius 2 is 1.89 bits per heavy atom. The standard InChI is InChI=1S/C12H8F4N2O/c13-10-6-17-2-1-11(10)19-7-8-3-9(5-18-4-8)12(14,15)16/h1-6H,7H2. The number of halogens is 4. The van der Waals surface area contributed by atoms with Crippen LogP contribution in [0.5, 0.6) is 5.75 Å². The van der Waals surface area contributed by atoms with Gasteiger partial charge in [0.2, 0.25) is 0 Å². The molecule has 0 saturated carbocycles. The fraction of sp³-hybridized carbons (Fsp3) is 0.167. The average Bonchev–Trinajstić information content (AvgIpc) is 2.37. The summed E-state index contributed by atoms with van der Waals surface area (Å²) < 4.78 is 55.6. The van der Waals surface area contributed by atoms with Crippen molar-refractivity contribution < 1.29 is 22.3 Å². The first-order chi connectivity index (χ1) is 8.97. The molecule has 2 aromatic heterocycles. The van der Waals surface area contributed by atoms with Crippen LogP contribution in [-0.2, 0) is 12.8 Å². The van der Waals surface area contributed by atoms with Gasteiger partial charge in [0.15, 0.2) is 11.6 Å². The van der Waals surface area contributed by atoms with Crippen molar-refractivity contribution in [1.82, 2.24) is 9.97 Å². The summed E-state index contributed by atoms with van der Waals surface area (Å²) in [4.78, 5) is 7.01. The Morgan fingerprint density at radius 3 is 2.58 bits per heavy atom. The minimum atomic E-state index is -4.47. The summed E-state index contributed by atoms with van der Waals surface area (Å²) in [6, 6.07) is 2.20. The van der Waals surface area contributed by atoms with E-state index in [0.29, 0.717) is 0 Å². The van der Waals surface area contributed by atoms with Gasteiger partial charge in [-0.15, -0.1) is 0 Å². The summed E-state index contributed by atoms with van der Waals surface area (Å²) in [7, 11) is 0. The van der Waals surface area contributed by atoms with E-state index in [1.165, 1.54) is 18.5 Å². The van der Waals surface area contributed by atoms with Gasteiger partial charge in [-0.25, -0.2) is 4.39 Å². The van der Waals surface area contributed by atoms with Gasteiger partial charge in [-0.2, -0.15) is 13.2 Å². The van der Waals surface area contributed by atoms with Crippen LogP contribution >= 0.6 is 0 Å². The van der Waals surface area contributed by atoms with Crippen molar-refractivity contribution in [3.05, 3.63) is 53.9 Å². The van der Waals surface area contributed by atoms with Gasteiger partial charge in [-0.3, -0.25) is 9.97 Å². The molecule has 0 aromatic carbocycles. The number of hydrogen-bond acceptors (Lipinski definition) is 3. The Hall–Kier alpha value is -2.18. The first-order valence-electron chi connectivity index (χ1n) is 5.20. The van der Waals surface area contributed by atoms with E-state index in [1.54, 1.807) is 0 Å². The van der Waals surface area contributed by atoms with Crippen molar-refractivity contribution >= 4 is 0 Å². The molecule has 0 unspecified atom stereocenters. The Balaban J connectivity index is 2.10. The SMILES string of the molecule is Fc1cnccc1OCc1cncc(C(F)(F)F)c1. The molecule has 2 aromatic rings. The maximum Gasteiger partial charge on any atom is 0.417 e. The minimum absolute atomic E-state index is 0.0765. The van der Waals surface area contributed by atoms with Crippen molar-refractivity contribution in [2.75, 3.05) is 0 Å². The fourth-order valence-corrected chi connectivity index (χ4v) is 1.36. The third-order valence-corrected chi connectivity index (χ3v) is 2.25. The zero-order valence-electron chi connectivity index (χ0n) is 9.49. The van der Waals surface area contributed by atoms with E-state index in [-0.39, 0.29) is 17.9 Å². The molecule has 3 nitrogen and oxygen atoms in total. The Kier molecular flexibility index (Phi) is 3.64. The lowest BCUT2D eigenvalue weighted by Gasteiger charge is -2.09. The first-order valence-corrected chi connectivity index (χ1v) is 5.20. The molecule has 0 fully saturated rings. The van der Waals surface area contributed by atoms with E-state index in [0.717, 1.165) is 18.5 Å². The fourth-order valence-electron chi connectivity index (χ4n) is 1.36. The molecular formula is C12H8F4N2O. The molecular weight excluding hydrogens is 264 g/mol. The van der Waals surface area contributed by atoms with Crippen LogP contribution in [0.3, 0.4) is 0 Å². The molecule has 0 N–H and O–H groups in total. The van der Waals surface area contributed by atoms with Crippen molar-refractivity contribution in [2.24, 2.45) is 0 Å². The highest BCUT2D eigenvalue weighted by Gasteiger charge is 2.31. The van der Waals surface area contributed by atoms with E-state index < -0.39 is 17.6 Å². The molecule has 2 heterocycles. The molecule has 0 bridgehead atoms. The second-order valence-corrected chi connectivity index (χ2v) is 3.67. The number of hydrogen-bond donors (Lipinski definition) is 0.